The van der Waals surface area contributed by atoms with E-state index < -0.39 is 77.9 Å². The van der Waals surface area contributed by atoms with Crippen molar-refractivity contribution in [2.45, 2.75) is 166 Å². The minimum Gasteiger partial charge on any atom is -0.480 e. The Hall–Kier alpha value is -6.21. The standard InChI is InChI=1S/C53H78N10O9/c1-6-34(4)47(51(69)57-31-37-20-13-14-24-56-37)61-48(66)39(33(2)3)29-45(64)41(26-35-16-9-7-10-17-35)59-50(68)44(28-38-30-55-32-58-38)62(5)52(70)42(27-36-18-11-8-12-19-36)60-49(67)43-21-15-25-63(43)46(65)23-22-40(54)53(71)72/h8,11-14,18-20,24,30,32-35,39-45,47,64H,6-7,9-10,15-17,21-23,25-29,31,54H2,1-5H3,(H,55,58)(H,57,69)(H,59,68)(H,60,67)(H,61,66)(H,71,72)/t34-,39-,40-,41-,42-,43-,44-,45-,47-/m0/s1. The van der Waals surface area contributed by atoms with Gasteiger partial charge in [0.2, 0.25) is 35.4 Å². The van der Waals surface area contributed by atoms with Gasteiger partial charge in [0.05, 0.1) is 30.7 Å². The predicted octanol–water partition coefficient (Wildman–Crippen LogP) is 3.41. The first-order valence-electron chi connectivity index (χ1n) is 25.8. The number of carboxylic acid groups (broad SMARTS) is 1. The van der Waals surface area contributed by atoms with E-state index in [-0.39, 0.29) is 74.8 Å². The summed E-state index contributed by atoms with van der Waals surface area (Å²) in [5.74, 6) is -5.05. The third-order valence-electron chi connectivity index (χ3n) is 14.5. The zero-order chi connectivity index (χ0) is 52.3. The molecule has 1 aromatic carbocycles. The Morgan fingerprint density at radius 1 is 0.889 bits per heavy atom. The number of carbonyl (C=O) groups excluding carboxylic acids is 6. The van der Waals surface area contributed by atoms with Gasteiger partial charge < -0.3 is 52.0 Å². The smallest absolute Gasteiger partial charge is 0.320 e. The highest BCUT2D eigenvalue weighted by Crippen LogP contribution is 2.30. The van der Waals surface area contributed by atoms with Crippen LogP contribution in [-0.4, -0.2) is 132 Å². The number of carboxylic acids is 1. The van der Waals surface area contributed by atoms with Crippen LogP contribution in [0, 0.1) is 23.7 Å². The molecule has 3 aromatic rings. The zero-order valence-electron chi connectivity index (χ0n) is 42.6. The third kappa shape index (κ3) is 16.7. The molecule has 1 aliphatic heterocycles. The van der Waals surface area contributed by atoms with Gasteiger partial charge in [-0.15, -0.1) is 0 Å². The minimum absolute atomic E-state index is 0.00608. The summed E-state index contributed by atoms with van der Waals surface area (Å²) in [7, 11) is 1.50. The summed E-state index contributed by atoms with van der Waals surface area (Å²) in [6, 6.07) is 8.39. The van der Waals surface area contributed by atoms with Gasteiger partial charge in [-0.05, 0) is 67.6 Å². The number of aliphatic carboxylic acids is 1. The number of nitrogens with two attached hydrogens (primary N) is 1. The van der Waals surface area contributed by atoms with Crippen LogP contribution in [0.4, 0.5) is 0 Å². The number of carbonyl (C=O) groups is 7. The first-order valence-corrected chi connectivity index (χ1v) is 25.8. The van der Waals surface area contributed by atoms with Gasteiger partial charge in [0.25, 0.3) is 0 Å². The number of rotatable bonds is 27. The molecule has 3 heterocycles. The lowest BCUT2D eigenvalue weighted by Crippen LogP contribution is -2.59. The van der Waals surface area contributed by atoms with E-state index >= 15 is 0 Å². The molecule has 9 atom stereocenters. The zero-order valence-corrected chi connectivity index (χ0v) is 42.6. The Balaban J connectivity index is 1.38. The van der Waals surface area contributed by atoms with Crippen LogP contribution in [0.3, 0.4) is 0 Å². The van der Waals surface area contributed by atoms with Gasteiger partial charge in [-0.3, -0.25) is 38.5 Å². The van der Waals surface area contributed by atoms with E-state index in [0.717, 1.165) is 37.7 Å². The number of benzene rings is 1. The number of H-pyrrole nitrogens is 1. The van der Waals surface area contributed by atoms with Crippen LogP contribution < -0.4 is 27.0 Å². The number of aliphatic hydroxyl groups excluding tert-OH is 1. The Kier molecular flexibility index (Phi) is 22.2. The molecule has 394 valence electrons. The van der Waals surface area contributed by atoms with E-state index in [1.54, 1.807) is 24.5 Å². The number of amides is 6. The van der Waals surface area contributed by atoms with Crippen molar-refractivity contribution in [2.75, 3.05) is 13.6 Å². The Morgan fingerprint density at radius 3 is 2.25 bits per heavy atom. The van der Waals surface area contributed by atoms with Crippen molar-refractivity contribution in [1.29, 1.82) is 0 Å². The van der Waals surface area contributed by atoms with Crippen LogP contribution in [0.1, 0.15) is 122 Å². The number of likely N-dealkylation sites (N-methyl/N-ethyl adjacent to an activating group) is 1. The van der Waals surface area contributed by atoms with Crippen LogP contribution in [0.5, 0.6) is 0 Å². The monoisotopic (exact) mass is 999 g/mol. The second-order valence-electron chi connectivity index (χ2n) is 20.1. The number of imidazole rings is 1. The number of nitrogens with one attached hydrogen (secondary N) is 5. The molecule has 6 amide bonds. The predicted molar refractivity (Wildman–Crippen MR) is 270 cm³/mol. The molecule has 0 bridgehead atoms. The number of aromatic nitrogens is 3. The van der Waals surface area contributed by atoms with E-state index in [0.29, 0.717) is 37.1 Å². The summed E-state index contributed by atoms with van der Waals surface area (Å²) < 4.78 is 0. The molecule has 5 rings (SSSR count). The largest absolute Gasteiger partial charge is 0.480 e. The molecule has 2 aromatic heterocycles. The summed E-state index contributed by atoms with van der Waals surface area (Å²) in [6.45, 7) is 8.09. The summed E-state index contributed by atoms with van der Waals surface area (Å²) >= 11 is 0. The van der Waals surface area contributed by atoms with Gasteiger partial charge in [-0.1, -0.05) is 103 Å². The lowest BCUT2D eigenvalue weighted by molar-refractivity contribution is -0.144. The second-order valence-corrected chi connectivity index (χ2v) is 20.1. The number of likely N-dealkylation sites (tertiary alicyclic amines) is 1. The number of hydrogen-bond donors (Lipinski definition) is 8. The third-order valence-corrected chi connectivity index (χ3v) is 14.5. The first-order chi connectivity index (χ1) is 34.5. The number of pyridine rings is 1. The molecule has 2 fully saturated rings. The average molecular weight is 999 g/mol. The van der Waals surface area contributed by atoms with Crippen molar-refractivity contribution in [3.63, 3.8) is 0 Å². The Morgan fingerprint density at radius 2 is 1.61 bits per heavy atom. The van der Waals surface area contributed by atoms with Crippen molar-refractivity contribution in [3.8, 4) is 0 Å². The molecule has 19 heteroatoms. The van der Waals surface area contributed by atoms with Crippen LogP contribution in [0.2, 0.25) is 0 Å². The molecule has 72 heavy (non-hydrogen) atoms. The quantitative estimate of drug-likeness (QED) is 0.0546. The molecule has 9 N–H and O–H groups in total. The van der Waals surface area contributed by atoms with Gasteiger partial charge in [0.1, 0.15) is 30.2 Å². The van der Waals surface area contributed by atoms with Gasteiger partial charge in [0.15, 0.2) is 0 Å². The summed E-state index contributed by atoms with van der Waals surface area (Å²) in [5.41, 5.74) is 7.63. The summed E-state index contributed by atoms with van der Waals surface area (Å²) in [4.78, 5) is 111. The van der Waals surface area contributed by atoms with Crippen LogP contribution in [0.15, 0.2) is 67.3 Å². The van der Waals surface area contributed by atoms with E-state index in [4.69, 9.17) is 5.73 Å². The fourth-order valence-electron chi connectivity index (χ4n) is 9.84. The van der Waals surface area contributed by atoms with E-state index in [9.17, 15) is 43.8 Å². The molecule has 0 spiro atoms. The highest BCUT2D eigenvalue weighted by Gasteiger charge is 2.40. The van der Waals surface area contributed by atoms with Gasteiger partial charge >= 0.3 is 5.97 Å². The van der Waals surface area contributed by atoms with Crippen molar-refractivity contribution in [3.05, 3.63) is 84.2 Å². The summed E-state index contributed by atoms with van der Waals surface area (Å²) in [6.07, 6.45) is 10.1. The number of nitrogens with zero attached hydrogens (tertiary/aromatic N) is 4. The molecular weight excluding hydrogens is 921 g/mol. The van der Waals surface area contributed by atoms with Crippen molar-refractivity contribution >= 4 is 41.4 Å². The maximum atomic E-state index is 14.9. The van der Waals surface area contributed by atoms with Crippen molar-refractivity contribution < 1.29 is 43.8 Å². The average Bonchev–Trinajstić information content (AvgIpc) is 4.10. The fraction of sp³-hybridized carbons (Fsp3) is 0.604. The van der Waals surface area contributed by atoms with Gasteiger partial charge in [-0.25, -0.2) is 4.98 Å². The lowest BCUT2D eigenvalue weighted by Gasteiger charge is -2.36. The minimum atomic E-state index is -1.23. The molecule has 1 saturated heterocycles. The van der Waals surface area contributed by atoms with E-state index in [2.05, 4.69) is 36.2 Å². The van der Waals surface area contributed by atoms with Crippen molar-refractivity contribution in [1.82, 2.24) is 46.0 Å². The molecule has 0 unspecified atom stereocenters. The van der Waals surface area contributed by atoms with Crippen LogP contribution >= 0.6 is 0 Å². The maximum absolute atomic E-state index is 14.9. The van der Waals surface area contributed by atoms with E-state index in [1.807, 2.05) is 64.1 Å². The van der Waals surface area contributed by atoms with Crippen molar-refractivity contribution in [2.24, 2.45) is 29.4 Å². The molecule has 1 aliphatic carbocycles. The van der Waals surface area contributed by atoms with E-state index in [1.165, 1.54) is 23.2 Å². The summed E-state index contributed by atoms with van der Waals surface area (Å²) in [5, 5.41) is 33.5. The topological polar surface area (TPSA) is 282 Å². The molecule has 19 nitrogen and oxygen atoms in total. The number of aromatic amines is 1. The van der Waals surface area contributed by atoms with Gasteiger partial charge in [-0.2, -0.15) is 0 Å². The lowest BCUT2D eigenvalue weighted by atomic mass is 9.81. The molecule has 0 radical (unpaired) electrons. The second kappa shape index (κ2) is 28.1. The Labute approximate surface area is 423 Å². The maximum Gasteiger partial charge on any atom is 0.320 e. The normalized spacial score (nSPS) is 18.4. The first kappa shape index (κ1) is 56.7. The molecular formula is C53H78N10O9. The molecule has 2 aliphatic rings. The van der Waals surface area contributed by atoms with Crippen LogP contribution in [-0.2, 0) is 52.9 Å². The number of hydrogen-bond acceptors (Lipinski definition) is 11. The fourth-order valence-corrected chi connectivity index (χ4v) is 9.84. The highest BCUT2D eigenvalue weighted by atomic mass is 16.4. The van der Waals surface area contributed by atoms with Crippen LogP contribution in [0.25, 0.3) is 0 Å². The molecule has 1 saturated carbocycles. The SMILES string of the molecule is CC[C@H](C)[C@H](NC(=O)[C@@H](C[C@H](O)[C@H](CC1CCCCC1)NC(=O)[C@H](Cc1cnc[nH]1)N(C)C(=O)[C@H](Cc1ccccc1)NC(=O)[C@@H]1CCCN1C(=O)CC[C@H](N)C(=O)O)C(C)C)C(=O)NCc1ccccn1. The number of aliphatic hydroxyl groups is 1. The highest BCUT2D eigenvalue weighted by molar-refractivity contribution is 5.95. The van der Waals surface area contributed by atoms with Gasteiger partial charge in [0, 0.05) is 56.9 Å². The Bertz CT molecular complexity index is 2210.